The van der Waals surface area contributed by atoms with Gasteiger partial charge in [-0.2, -0.15) is 0 Å². The fourth-order valence-corrected chi connectivity index (χ4v) is 7.02. The molecule has 1 amide bonds. The molecule has 1 heterocycles. The minimum Gasteiger partial charge on any atom is -0.460 e. The molecule has 8 rings (SSSR count). The highest BCUT2D eigenvalue weighted by molar-refractivity contribution is 6.04. The van der Waals surface area contributed by atoms with Crippen LogP contribution in [0.5, 0.6) is 0 Å². The number of carbonyl (C=O) groups is 3. The van der Waals surface area contributed by atoms with E-state index in [9.17, 15) is 14.4 Å². The number of esters is 2. The van der Waals surface area contributed by atoms with Crippen molar-refractivity contribution in [3.63, 3.8) is 0 Å². The number of rotatable bonds is 5. The van der Waals surface area contributed by atoms with Crippen molar-refractivity contribution in [2.45, 2.75) is 25.0 Å². The first-order valence-corrected chi connectivity index (χ1v) is 16.0. The molecule has 1 atom stereocenters. The highest BCUT2D eigenvalue weighted by atomic mass is 16.6. The number of cyclic esters (lactones) is 2. The lowest BCUT2D eigenvalue weighted by Crippen LogP contribution is -2.56. The van der Waals surface area contributed by atoms with E-state index in [0.29, 0.717) is 11.1 Å². The van der Waals surface area contributed by atoms with Gasteiger partial charge in [-0.25, -0.2) is 14.4 Å². The second-order valence-corrected chi connectivity index (χ2v) is 12.3. The van der Waals surface area contributed by atoms with Crippen molar-refractivity contribution < 1.29 is 28.6 Å². The molecule has 7 nitrogen and oxygen atoms in total. The molecule has 0 radical (unpaired) electrons. The van der Waals surface area contributed by atoms with Crippen molar-refractivity contribution >= 4 is 39.6 Å². The Morgan fingerprint density at radius 2 is 1.25 bits per heavy atom. The van der Waals surface area contributed by atoms with Crippen molar-refractivity contribution in [2.75, 3.05) is 13.2 Å². The molecular weight excluding hydrogens is 602 g/mol. The van der Waals surface area contributed by atoms with Crippen LogP contribution in [-0.4, -0.2) is 36.8 Å². The molecule has 6 aromatic carbocycles. The quantitative estimate of drug-likeness (QED) is 0.154. The van der Waals surface area contributed by atoms with Gasteiger partial charge in [0.1, 0.15) is 25.4 Å². The minimum absolute atomic E-state index is 0.0436. The summed E-state index contributed by atoms with van der Waals surface area (Å²) in [5.41, 5.74) is 4.55. The zero-order valence-corrected chi connectivity index (χ0v) is 26.0. The highest BCUT2D eigenvalue weighted by Gasteiger charge is 2.50. The molecule has 0 fully saturated rings. The summed E-state index contributed by atoms with van der Waals surface area (Å²) in [6, 6.07) is 39.6. The van der Waals surface area contributed by atoms with Gasteiger partial charge in [-0.15, -0.1) is 0 Å². The maximum Gasteiger partial charge on any atom is 0.408 e. The monoisotopic (exact) mass is 633 g/mol. The molecule has 2 aliphatic rings. The molecule has 0 spiro atoms. The summed E-state index contributed by atoms with van der Waals surface area (Å²) in [6.45, 7) is -0.224. The molecule has 6 aromatic rings. The van der Waals surface area contributed by atoms with Gasteiger partial charge in [0.25, 0.3) is 0 Å². The second-order valence-electron chi connectivity index (χ2n) is 12.3. The lowest BCUT2D eigenvalue weighted by Gasteiger charge is -2.27. The summed E-state index contributed by atoms with van der Waals surface area (Å²) in [6.07, 6.45) is -0.476. The Morgan fingerprint density at radius 3 is 1.98 bits per heavy atom. The molecule has 1 aliphatic carbocycles. The summed E-state index contributed by atoms with van der Waals surface area (Å²) in [5.74, 6) is -1.11. The smallest absolute Gasteiger partial charge is 0.408 e. The predicted octanol–water partition coefficient (Wildman–Crippen LogP) is 7.80. The third-order valence-electron chi connectivity index (χ3n) is 9.32. The summed E-state index contributed by atoms with van der Waals surface area (Å²) in [4.78, 5) is 41.3. The van der Waals surface area contributed by atoms with Gasteiger partial charge in [0.05, 0.1) is 5.56 Å². The third kappa shape index (κ3) is 5.33. The number of nitrogens with one attached hydrogen (secondary N) is 1. The Kier molecular flexibility index (Phi) is 7.37. The molecule has 7 heteroatoms. The molecule has 0 saturated heterocycles. The maximum absolute atomic E-state index is 14.0. The zero-order chi connectivity index (χ0) is 32.7. The Labute approximate surface area is 277 Å². The van der Waals surface area contributed by atoms with Crippen LogP contribution in [-0.2, 0) is 38.5 Å². The van der Waals surface area contributed by atoms with E-state index < -0.39 is 23.6 Å². The van der Waals surface area contributed by atoms with Crippen LogP contribution in [0, 0.1) is 0 Å². The first-order valence-electron chi connectivity index (χ1n) is 16.0. The lowest BCUT2D eigenvalue weighted by molar-refractivity contribution is -0.152. The van der Waals surface area contributed by atoms with E-state index in [4.69, 9.17) is 14.2 Å². The fraction of sp³-hybridized carbons (Fsp3) is 0.146. The first kappa shape index (κ1) is 29.5. The predicted molar refractivity (Wildman–Crippen MR) is 183 cm³/mol. The van der Waals surface area contributed by atoms with Gasteiger partial charge in [0.2, 0.25) is 0 Å². The van der Waals surface area contributed by atoms with E-state index in [1.54, 1.807) is 0 Å². The van der Waals surface area contributed by atoms with Gasteiger partial charge >= 0.3 is 18.0 Å². The number of fused-ring (bicyclic) bond motifs is 4. The Bertz CT molecular complexity index is 2240. The molecule has 3 bridgehead atoms. The van der Waals surface area contributed by atoms with Gasteiger partial charge < -0.3 is 19.5 Å². The molecule has 1 N–H and O–H groups in total. The minimum atomic E-state index is -1.47. The summed E-state index contributed by atoms with van der Waals surface area (Å²) in [7, 11) is 0. The molecule has 1 aliphatic heterocycles. The van der Waals surface area contributed by atoms with Gasteiger partial charge in [-0.05, 0) is 78.7 Å². The summed E-state index contributed by atoms with van der Waals surface area (Å²) < 4.78 is 17.0. The molecule has 0 aromatic heterocycles. The fourth-order valence-electron chi connectivity index (χ4n) is 7.02. The van der Waals surface area contributed by atoms with E-state index in [-0.39, 0.29) is 32.7 Å². The number of hydrogen-bond acceptors (Lipinski definition) is 6. The standard InChI is InChI=1S/C41H31NO6/c43-38-34-22-33(31-16-14-27-10-4-6-12-29(27)20-31)35-23-41(39(44)47-19-18-46-38,42-40(45)48-25-26-8-2-1-3-9-26)24-36(35)37(34)32-17-15-28-11-5-7-13-30(28)21-32/h1-17,20-22H,18-19,23-25H2,(H,42,45). The van der Waals surface area contributed by atoms with Crippen molar-refractivity contribution in [3.05, 3.63) is 144 Å². The number of ether oxygens (including phenoxy) is 3. The SMILES string of the molecule is O=C(NC12Cc3c(-c4ccc5ccccc5c4)cc(c(-c4ccc5ccccc5c4)c3C1)C(=O)OCCOC2=O)OCc1ccccc1. The van der Waals surface area contributed by atoms with Crippen LogP contribution in [0.25, 0.3) is 43.8 Å². The molecule has 236 valence electrons. The van der Waals surface area contributed by atoms with Crippen LogP contribution in [0.3, 0.4) is 0 Å². The molecule has 0 saturated carbocycles. The number of carbonyl (C=O) groups excluding carboxylic acids is 3. The van der Waals surface area contributed by atoms with Gasteiger partial charge in [-0.3, -0.25) is 0 Å². The van der Waals surface area contributed by atoms with E-state index in [0.717, 1.165) is 54.9 Å². The maximum atomic E-state index is 14.0. The summed E-state index contributed by atoms with van der Waals surface area (Å²) in [5, 5.41) is 7.12. The Balaban J connectivity index is 1.31. The van der Waals surface area contributed by atoms with E-state index in [1.807, 2.05) is 109 Å². The highest BCUT2D eigenvalue weighted by Crippen LogP contribution is 2.46. The first-order chi connectivity index (χ1) is 23.5. The van der Waals surface area contributed by atoms with Gasteiger partial charge in [0, 0.05) is 12.8 Å². The molecule has 48 heavy (non-hydrogen) atoms. The van der Waals surface area contributed by atoms with Crippen LogP contribution in [0.15, 0.2) is 121 Å². The van der Waals surface area contributed by atoms with Crippen molar-refractivity contribution in [3.8, 4) is 22.3 Å². The number of amides is 1. The van der Waals surface area contributed by atoms with Crippen molar-refractivity contribution in [1.82, 2.24) is 5.32 Å². The third-order valence-corrected chi connectivity index (χ3v) is 9.32. The Morgan fingerprint density at radius 1 is 0.646 bits per heavy atom. The van der Waals surface area contributed by atoms with Crippen LogP contribution in [0.4, 0.5) is 4.79 Å². The van der Waals surface area contributed by atoms with Crippen molar-refractivity contribution in [2.24, 2.45) is 0 Å². The van der Waals surface area contributed by atoms with Gasteiger partial charge in [-0.1, -0.05) is 103 Å². The van der Waals surface area contributed by atoms with Crippen LogP contribution >= 0.6 is 0 Å². The lowest BCUT2D eigenvalue weighted by atomic mass is 9.86. The van der Waals surface area contributed by atoms with Crippen LogP contribution in [0.2, 0.25) is 0 Å². The van der Waals surface area contributed by atoms with E-state index in [1.165, 1.54) is 0 Å². The average molecular weight is 634 g/mol. The summed E-state index contributed by atoms with van der Waals surface area (Å²) >= 11 is 0. The van der Waals surface area contributed by atoms with E-state index >= 15 is 0 Å². The Hall–Kier alpha value is -5.95. The van der Waals surface area contributed by atoms with Crippen LogP contribution < -0.4 is 5.32 Å². The number of hydrogen-bond donors (Lipinski definition) is 1. The molecule has 1 unspecified atom stereocenters. The zero-order valence-electron chi connectivity index (χ0n) is 26.0. The van der Waals surface area contributed by atoms with Crippen molar-refractivity contribution in [1.29, 1.82) is 0 Å². The topological polar surface area (TPSA) is 90.9 Å². The van der Waals surface area contributed by atoms with E-state index in [2.05, 4.69) is 17.4 Å². The largest absolute Gasteiger partial charge is 0.460 e. The second kappa shape index (κ2) is 12.0. The average Bonchev–Trinajstić information content (AvgIpc) is 3.51. The van der Waals surface area contributed by atoms with Gasteiger partial charge in [0.15, 0.2) is 0 Å². The number of benzene rings is 6. The normalized spacial score (nSPS) is 17.1. The molecular formula is C41H31NO6. The number of alkyl carbamates (subject to hydrolysis) is 1. The van der Waals surface area contributed by atoms with Crippen LogP contribution in [0.1, 0.15) is 27.0 Å².